The van der Waals surface area contributed by atoms with Gasteiger partial charge in [0.05, 0.1) is 5.75 Å². The van der Waals surface area contributed by atoms with Gasteiger partial charge < -0.3 is 14.4 Å². The van der Waals surface area contributed by atoms with Crippen LogP contribution in [0.1, 0.15) is 65.2 Å². The smallest absolute Gasteiger partial charge is 0.410 e. The molecule has 2 atom stereocenters. The first-order chi connectivity index (χ1) is 14.8. The highest BCUT2D eigenvalue weighted by Gasteiger charge is 2.45. The Morgan fingerprint density at radius 3 is 2.35 bits per heavy atom. The van der Waals surface area contributed by atoms with Crippen LogP contribution < -0.4 is 0 Å². The number of carbonyl (C=O) groups excluding carboxylic acids is 1. The fourth-order valence-corrected chi connectivity index (χ4v) is 6.40. The summed E-state index contributed by atoms with van der Waals surface area (Å²) >= 11 is 0. The van der Waals surface area contributed by atoms with Crippen molar-refractivity contribution in [1.29, 1.82) is 0 Å². The number of rotatable bonds is 9. The molecule has 0 aromatic carbocycles. The Morgan fingerprint density at radius 1 is 1.06 bits per heavy atom. The van der Waals surface area contributed by atoms with Crippen molar-refractivity contribution in [2.45, 2.75) is 70.8 Å². The minimum atomic E-state index is -3.04. The molecule has 0 aromatic rings. The topological polar surface area (TPSA) is 76.2 Å². The largest absolute Gasteiger partial charge is 0.443 e. The molecule has 2 unspecified atom stereocenters. The molecule has 4 rings (SSSR count). The number of hydrogen-bond acceptors (Lipinski definition) is 5. The number of carbonyl (C=O) groups is 1. The molecule has 2 heterocycles. The van der Waals surface area contributed by atoms with Crippen molar-refractivity contribution in [2.24, 2.45) is 23.7 Å². The zero-order valence-corrected chi connectivity index (χ0v) is 20.1. The number of likely N-dealkylation sites (tertiary alicyclic amines) is 1. The lowest BCUT2D eigenvalue weighted by atomic mass is 9.90. The van der Waals surface area contributed by atoms with E-state index in [4.69, 9.17) is 9.47 Å². The average Bonchev–Trinajstić information content (AvgIpc) is 3.69. The zero-order valence-electron chi connectivity index (χ0n) is 19.3. The first-order valence-corrected chi connectivity index (χ1v) is 13.9. The Hall–Kier alpha value is -0.860. The highest BCUT2D eigenvalue weighted by Crippen LogP contribution is 2.50. The van der Waals surface area contributed by atoms with E-state index in [1.807, 2.05) is 11.8 Å². The number of ether oxygens (including phenoxy) is 2. The van der Waals surface area contributed by atoms with Gasteiger partial charge in [0.2, 0.25) is 10.0 Å². The Morgan fingerprint density at radius 2 is 1.74 bits per heavy atom. The van der Waals surface area contributed by atoms with Gasteiger partial charge in [-0.15, -0.1) is 0 Å². The number of hydrogen-bond donors (Lipinski definition) is 0. The molecule has 2 saturated heterocycles. The van der Waals surface area contributed by atoms with Gasteiger partial charge in [0.15, 0.2) is 0 Å². The van der Waals surface area contributed by atoms with E-state index < -0.39 is 10.0 Å². The van der Waals surface area contributed by atoms with Crippen LogP contribution in [-0.4, -0.2) is 74.5 Å². The second kappa shape index (κ2) is 9.56. The summed E-state index contributed by atoms with van der Waals surface area (Å²) in [7, 11) is -3.04. The highest BCUT2D eigenvalue weighted by atomic mass is 32.2. The summed E-state index contributed by atoms with van der Waals surface area (Å²) < 4.78 is 37.1. The van der Waals surface area contributed by atoms with Crippen molar-refractivity contribution in [3.8, 4) is 0 Å². The first-order valence-electron chi connectivity index (χ1n) is 12.3. The van der Waals surface area contributed by atoms with Crippen LogP contribution in [0.15, 0.2) is 0 Å². The van der Waals surface area contributed by atoms with Crippen molar-refractivity contribution in [2.75, 3.05) is 45.1 Å². The van der Waals surface area contributed by atoms with Crippen molar-refractivity contribution >= 4 is 16.1 Å². The maximum Gasteiger partial charge on any atom is 0.410 e. The van der Waals surface area contributed by atoms with E-state index in [9.17, 15) is 13.2 Å². The van der Waals surface area contributed by atoms with E-state index in [1.54, 1.807) is 11.2 Å². The highest BCUT2D eigenvalue weighted by molar-refractivity contribution is 7.89. The molecular formula is C23H40N2O5S. The molecule has 8 heteroatoms. The maximum absolute atomic E-state index is 12.3. The van der Waals surface area contributed by atoms with Crippen molar-refractivity contribution in [3.05, 3.63) is 0 Å². The maximum atomic E-state index is 12.3. The third-order valence-corrected chi connectivity index (χ3v) is 9.87. The fraction of sp³-hybridized carbons (Fsp3) is 0.957. The van der Waals surface area contributed by atoms with E-state index in [1.165, 1.54) is 6.42 Å². The predicted molar refractivity (Wildman–Crippen MR) is 119 cm³/mol. The van der Waals surface area contributed by atoms with Crippen LogP contribution in [0.4, 0.5) is 4.79 Å². The summed E-state index contributed by atoms with van der Waals surface area (Å²) in [4.78, 5) is 14.2. The Bertz CT molecular complexity index is 722. The molecule has 0 aromatic heterocycles. The summed E-state index contributed by atoms with van der Waals surface area (Å²) in [6.45, 7) is 8.27. The van der Waals surface area contributed by atoms with Crippen LogP contribution >= 0.6 is 0 Å². The Labute approximate surface area is 187 Å². The van der Waals surface area contributed by atoms with Gasteiger partial charge in [-0.05, 0) is 88.9 Å². The van der Waals surface area contributed by atoms with Crippen LogP contribution in [0.2, 0.25) is 0 Å². The minimum absolute atomic E-state index is 0.114. The molecular weight excluding hydrogens is 416 g/mol. The molecule has 0 spiro atoms. The number of piperidine rings is 2. The van der Waals surface area contributed by atoms with Gasteiger partial charge in [0.1, 0.15) is 5.60 Å². The summed E-state index contributed by atoms with van der Waals surface area (Å²) in [5.74, 6) is 3.02. The van der Waals surface area contributed by atoms with Gasteiger partial charge in [0.25, 0.3) is 0 Å². The molecule has 31 heavy (non-hydrogen) atoms. The van der Waals surface area contributed by atoms with E-state index >= 15 is 0 Å². The van der Waals surface area contributed by atoms with Crippen LogP contribution in [0.5, 0.6) is 0 Å². The van der Waals surface area contributed by atoms with E-state index in [0.29, 0.717) is 19.0 Å². The van der Waals surface area contributed by atoms with Crippen LogP contribution in [0, 0.1) is 23.7 Å². The second-order valence-electron chi connectivity index (χ2n) is 10.4. The van der Waals surface area contributed by atoms with E-state index in [-0.39, 0.29) is 17.4 Å². The lowest BCUT2D eigenvalue weighted by Crippen LogP contribution is -2.40. The van der Waals surface area contributed by atoms with Crippen LogP contribution in [0.25, 0.3) is 0 Å². The molecule has 7 nitrogen and oxygen atoms in total. The summed E-state index contributed by atoms with van der Waals surface area (Å²) in [6, 6.07) is 0. The average molecular weight is 457 g/mol. The van der Waals surface area contributed by atoms with E-state index in [0.717, 1.165) is 89.0 Å². The predicted octanol–water partition coefficient (Wildman–Crippen LogP) is 3.49. The summed E-state index contributed by atoms with van der Waals surface area (Å²) in [5.41, 5.74) is -0.181. The van der Waals surface area contributed by atoms with Crippen molar-refractivity contribution in [1.82, 2.24) is 9.21 Å². The molecule has 4 aliphatic rings. The summed E-state index contributed by atoms with van der Waals surface area (Å²) in [5, 5.41) is 0. The Balaban J connectivity index is 1.05. The molecule has 2 aliphatic heterocycles. The minimum Gasteiger partial charge on any atom is -0.443 e. The van der Waals surface area contributed by atoms with Gasteiger partial charge in [-0.3, -0.25) is 0 Å². The van der Waals surface area contributed by atoms with Gasteiger partial charge in [-0.1, -0.05) is 0 Å². The van der Waals surface area contributed by atoms with Crippen molar-refractivity contribution in [3.63, 3.8) is 0 Å². The van der Waals surface area contributed by atoms with Gasteiger partial charge in [-0.2, -0.15) is 0 Å². The molecule has 2 saturated carbocycles. The third-order valence-electron chi connectivity index (χ3n) is 7.99. The first kappa shape index (κ1) is 23.3. The number of nitrogens with zero attached hydrogens (tertiary/aromatic N) is 2. The normalized spacial score (nSPS) is 29.7. The second-order valence-corrected chi connectivity index (χ2v) is 12.7. The lowest BCUT2D eigenvalue weighted by Gasteiger charge is -2.32. The fourth-order valence-electron chi connectivity index (χ4n) is 5.27. The third kappa shape index (κ3) is 6.14. The SMILES string of the molecule is CCS(=O)(=O)N1CCC(COCCC2CC2C2CCN(C(=O)OC3(C)CC3)CC2)CC1. The zero-order chi connectivity index (χ0) is 22.1. The van der Waals surface area contributed by atoms with Crippen LogP contribution in [0.3, 0.4) is 0 Å². The molecule has 0 N–H and O–H groups in total. The molecule has 0 radical (unpaired) electrons. The lowest BCUT2D eigenvalue weighted by molar-refractivity contribution is 0.0469. The monoisotopic (exact) mass is 456 g/mol. The van der Waals surface area contributed by atoms with E-state index in [2.05, 4.69) is 0 Å². The molecule has 178 valence electrons. The standard InChI is InChI=1S/C23H40N2O5S/c1-3-31(27,28)25-13-4-18(5-14-25)17-29-15-8-20-16-21(20)19-6-11-24(12-7-19)22(26)30-23(2)9-10-23/h18-21H,3-17H2,1-2H3. The molecule has 2 aliphatic carbocycles. The van der Waals surface area contributed by atoms with Crippen molar-refractivity contribution < 1.29 is 22.7 Å². The molecule has 0 bridgehead atoms. The van der Waals surface area contributed by atoms with Gasteiger partial charge in [0, 0.05) is 39.4 Å². The molecule has 4 fully saturated rings. The molecule has 1 amide bonds. The van der Waals surface area contributed by atoms with Crippen LogP contribution in [-0.2, 0) is 19.5 Å². The quantitative estimate of drug-likeness (QED) is 0.497. The number of amides is 1. The summed E-state index contributed by atoms with van der Waals surface area (Å²) in [6.07, 6.45) is 8.36. The number of sulfonamides is 1. The Kier molecular flexibility index (Phi) is 7.18. The van der Waals surface area contributed by atoms with Gasteiger partial charge in [-0.25, -0.2) is 17.5 Å². The van der Waals surface area contributed by atoms with Gasteiger partial charge >= 0.3 is 6.09 Å².